The molecule has 3 N–H and O–H groups in total. The van der Waals surface area contributed by atoms with Crippen molar-refractivity contribution < 1.29 is 4.74 Å². The van der Waals surface area contributed by atoms with Gasteiger partial charge in [-0.3, -0.25) is 0 Å². The number of hydrogen-bond acceptors (Lipinski definition) is 4. The molecule has 0 aliphatic heterocycles. The topological polar surface area (TPSA) is 60.2 Å². The zero-order valence-electron chi connectivity index (χ0n) is 10.4. The van der Waals surface area contributed by atoms with Gasteiger partial charge in [-0.2, -0.15) is 0 Å². The first-order valence-corrected chi connectivity index (χ1v) is 6.39. The van der Waals surface area contributed by atoms with E-state index in [4.69, 9.17) is 10.5 Å². The summed E-state index contributed by atoms with van der Waals surface area (Å²) < 4.78 is 5.31. The van der Waals surface area contributed by atoms with Gasteiger partial charge in [-0.15, -0.1) is 0 Å². The molecule has 1 aliphatic carbocycles. The van der Waals surface area contributed by atoms with Gasteiger partial charge in [0.25, 0.3) is 0 Å². The predicted molar refractivity (Wildman–Crippen MR) is 69.3 cm³/mol. The lowest BCUT2D eigenvalue weighted by atomic mass is 9.92. The Balaban J connectivity index is 1.86. The van der Waals surface area contributed by atoms with E-state index in [1.54, 1.807) is 0 Å². The van der Waals surface area contributed by atoms with Crippen LogP contribution in [-0.4, -0.2) is 23.7 Å². The average molecular weight is 235 g/mol. The van der Waals surface area contributed by atoms with E-state index in [0.29, 0.717) is 24.6 Å². The molecule has 0 spiro atoms. The summed E-state index contributed by atoms with van der Waals surface area (Å²) in [4.78, 5) is 4.24. The van der Waals surface area contributed by atoms with Gasteiger partial charge in [-0.1, -0.05) is 0 Å². The molecule has 4 nitrogen and oxygen atoms in total. The van der Waals surface area contributed by atoms with Gasteiger partial charge in [0.1, 0.15) is 0 Å². The molecule has 94 valence electrons. The summed E-state index contributed by atoms with van der Waals surface area (Å²) in [5, 5.41) is 3.50. The fourth-order valence-corrected chi connectivity index (χ4v) is 2.20. The Bertz CT molecular complexity index is 331. The smallest absolute Gasteiger partial charge is 0.213 e. The van der Waals surface area contributed by atoms with Crippen LogP contribution in [0.25, 0.3) is 0 Å². The molecule has 0 saturated heterocycles. The minimum Gasteiger partial charge on any atom is -0.478 e. The van der Waals surface area contributed by atoms with Crippen LogP contribution in [0.5, 0.6) is 5.88 Å². The minimum atomic E-state index is 0.395. The zero-order valence-corrected chi connectivity index (χ0v) is 10.4. The second-order valence-electron chi connectivity index (χ2n) is 4.57. The maximum atomic E-state index is 5.89. The van der Waals surface area contributed by atoms with Crippen molar-refractivity contribution in [3.63, 3.8) is 0 Å². The van der Waals surface area contributed by atoms with E-state index in [1.807, 2.05) is 25.3 Å². The van der Waals surface area contributed by atoms with Crippen molar-refractivity contribution in [1.29, 1.82) is 0 Å². The lowest BCUT2D eigenvalue weighted by Crippen LogP contribution is -2.32. The van der Waals surface area contributed by atoms with E-state index in [9.17, 15) is 0 Å². The third-order valence-corrected chi connectivity index (χ3v) is 3.17. The molecule has 1 aliphatic rings. The van der Waals surface area contributed by atoms with Crippen LogP contribution in [-0.2, 0) is 0 Å². The largest absolute Gasteiger partial charge is 0.478 e. The molecule has 4 heteroatoms. The number of anilines is 1. The van der Waals surface area contributed by atoms with E-state index >= 15 is 0 Å². The summed E-state index contributed by atoms with van der Waals surface area (Å²) in [6, 6.07) is 4.86. The number of nitrogens with zero attached hydrogens (tertiary/aromatic N) is 1. The first-order chi connectivity index (χ1) is 8.28. The van der Waals surface area contributed by atoms with Gasteiger partial charge in [0.2, 0.25) is 5.88 Å². The van der Waals surface area contributed by atoms with Crippen molar-refractivity contribution in [1.82, 2.24) is 4.98 Å². The molecule has 1 saturated carbocycles. The summed E-state index contributed by atoms with van der Waals surface area (Å²) >= 11 is 0. The van der Waals surface area contributed by atoms with E-state index in [1.165, 1.54) is 0 Å². The van der Waals surface area contributed by atoms with Crippen LogP contribution in [0.2, 0.25) is 0 Å². The highest BCUT2D eigenvalue weighted by Crippen LogP contribution is 2.21. The van der Waals surface area contributed by atoms with Gasteiger partial charge in [0.15, 0.2) is 0 Å². The van der Waals surface area contributed by atoms with Gasteiger partial charge in [0, 0.05) is 18.2 Å². The lowest BCUT2D eigenvalue weighted by Gasteiger charge is -2.27. The number of pyridine rings is 1. The maximum absolute atomic E-state index is 5.89. The van der Waals surface area contributed by atoms with E-state index < -0.39 is 0 Å². The van der Waals surface area contributed by atoms with Crippen LogP contribution < -0.4 is 15.8 Å². The Morgan fingerprint density at radius 1 is 1.35 bits per heavy atom. The van der Waals surface area contributed by atoms with Crippen molar-refractivity contribution in [2.24, 2.45) is 5.73 Å². The molecule has 0 atom stereocenters. The highest BCUT2D eigenvalue weighted by Gasteiger charge is 2.18. The van der Waals surface area contributed by atoms with Crippen molar-refractivity contribution in [3.8, 4) is 5.88 Å². The maximum Gasteiger partial charge on any atom is 0.213 e. The van der Waals surface area contributed by atoms with Gasteiger partial charge >= 0.3 is 0 Å². The minimum absolute atomic E-state index is 0.395. The Hall–Kier alpha value is -1.29. The third-order valence-electron chi connectivity index (χ3n) is 3.17. The van der Waals surface area contributed by atoms with E-state index in [-0.39, 0.29) is 0 Å². The van der Waals surface area contributed by atoms with Crippen LogP contribution in [0.1, 0.15) is 32.6 Å². The highest BCUT2D eigenvalue weighted by molar-refractivity contribution is 5.43. The Morgan fingerprint density at radius 3 is 2.71 bits per heavy atom. The number of nitrogens with one attached hydrogen (secondary N) is 1. The van der Waals surface area contributed by atoms with Gasteiger partial charge < -0.3 is 15.8 Å². The Labute approximate surface area is 103 Å². The lowest BCUT2D eigenvalue weighted by molar-refractivity contribution is 0.327. The molecule has 17 heavy (non-hydrogen) atoms. The Kier molecular flexibility index (Phi) is 4.20. The first-order valence-electron chi connectivity index (χ1n) is 6.39. The van der Waals surface area contributed by atoms with Gasteiger partial charge in [-0.05, 0) is 38.7 Å². The molecule has 1 aromatic heterocycles. The highest BCUT2D eigenvalue weighted by atomic mass is 16.5. The standard InChI is InChI=1S/C13H21N3O/c1-2-17-13-8-7-12(9-15-13)16-11-5-3-10(14)4-6-11/h7-11,16H,2-6,14H2,1H3. The van der Waals surface area contributed by atoms with Gasteiger partial charge in [0.05, 0.1) is 18.5 Å². The van der Waals surface area contributed by atoms with Crippen molar-refractivity contribution in [2.75, 3.05) is 11.9 Å². The molecule has 1 heterocycles. The van der Waals surface area contributed by atoms with E-state index in [0.717, 1.165) is 31.4 Å². The van der Waals surface area contributed by atoms with Gasteiger partial charge in [-0.25, -0.2) is 4.98 Å². The summed E-state index contributed by atoms with van der Waals surface area (Å²) in [6.07, 6.45) is 6.35. The van der Waals surface area contributed by atoms with Crippen LogP contribution >= 0.6 is 0 Å². The number of nitrogens with two attached hydrogens (primary N) is 1. The summed E-state index contributed by atoms with van der Waals surface area (Å²) in [5.74, 6) is 0.684. The molecule has 2 rings (SSSR count). The SMILES string of the molecule is CCOc1ccc(NC2CCC(N)CC2)cn1. The van der Waals surface area contributed by atoms with Crippen LogP contribution in [0.4, 0.5) is 5.69 Å². The second kappa shape index (κ2) is 5.87. The monoisotopic (exact) mass is 235 g/mol. The summed E-state index contributed by atoms with van der Waals surface area (Å²) in [7, 11) is 0. The fourth-order valence-electron chi connectivity index (χ4n) is 2.20. The molecular formula is C13H21N3O. The average Bonchev–Trinajstić information content (AvgIpc) is 2.35. The molecule has 0 bridgehead atoms. The molecule has 0 amide bonds. The van der Waals surface area contributed by atoms with Crippen molar-refractivity contribution in [2.45, 2.75) is 44.7 Å². The summed E-state index contributed by atoms with van der Waals surface area (Å²) in [5.41, 5.74) is 6.95. The number of hydrogen-bond donors (Lipinski definition) is 2. The van der Waals surface area contributed by atoms with Crippen LogP contribution in [0, 0.1) is 0 Å². The molecular weight excluding hydrogens is 214 g/mol. The quantitative estimate of drug-likeness (QED) is 0.839. The predicted octanol–water partition coefficient (Wildman–Crippen LogP) is 2.16. The molecule has 1 aromatic rings. The fraction of sp³-hybridized carbons (Fsp3) is 0.615. The third kappa shape index (κ3) is 3.60. The Morgan fingerprint density at radius 2 is 2.12 bits per heavy atom. The van der Waals surface area contributed by atoms with Crippen LogP contribution in [0.3, 0.4) is 0 Å². The molecule has 0 unspecified atom stereocenters. The first kappa shape index (κ1) is 12.2. The zero-order chi connectivity index (χ0) is 12.1. The van der Waals surface area contributed by atoms with Crippen molar-refractivity contribution in [3.05, 3.63) is 18.3 Å². The number of ether oxygens (including phenoxy) is 1. The second-order valence-corrected chi connectivity index (χ2v) is 4.57. The van der Waals surface area contributed by atoms with Crippen LogP contribution in [0.15, 0.2) is 18.3 Å². The molecule has 0 radical (unpaired) electrons. The molecule has 1 fully saturated rings. The summed E-state index contributed by atoms with van der Waals surface area (Å²) in [6.45, 7) is 2.61. The number of rotatable bonds is 4. The van der Waals surface area contributed by atoms with E-state index in [2.05, 4.69) is 10.3 Å². The molecule has 0 aromatic carbocycles. The van der Waals surface area contributed by atoms with Crippen molar-refractivity contribution >= 4 is 5.69 Å². The number of aromatic nitrogens is 1. The normalized spacial score (nSPS) is 24.4.